The van der Waals surface area contributed by atoms with Crippen molar-refractivity contribution in [2.75, 3.05) is 39.4 Å². The van der Waals surface area contributed by atoms with Gasteiger partial charge in [0.2, 0.25) is 0 Å². The van der Waals surface area contributed by atoms with Crippen LogP contribution in [0, 0.1) is 0 Å². The van der Waals surface area contributed by atoms with E-state index in [0.717, 1.165) is 23.9 Å². The molecular formula is C13H21NO2S. The third-order valence-corrected chi connectivity index (χ3v) is 3.60. The quantitative estimate of drug-likeness (QED) is 0.722. The highest BCUT2D eigenvalue weighted by molar-refractivity contribution is 7.99. The molecule has 96 valence electrons. The smallest absolute Gasteiger partial charge is 0.123 e. The Morgan fingerprint density at radius 1 is 1.29 bits per heavy atom. The lowest BCUT2D eigenvalue weighted by Gasteiger charge is -2.18. The first kappa shape index (κ1) is 14.4. The zero-order valence-corrected chi connectivity index (χ0v) is 11.5. The fourth-order valence-electron chi connectivity index (χ4n) is 1.63. The van der Waals surface area contributed by atoms with Crippen molar-refractivity contribution >= 4 is 11.8 Å². The summed E-state index contributed by atoms with van der Waals surface area (Å²) < 4.78 is 10.4. The molecule has 1 rings (SSSR count). The SMILES string of the molecule is CNC(CSCCOC)c1ccccc1OC. The van der Waals surface area contributed by atoms with Gasteiger partial charge >= 0.3 is 0 Å². The highest BCUT2D eigenvalue weighted by atomic mass is 32.2. The molecule has 0 heterocycles. The van der Waals surface area contributed by atoms with E-state index in [4.69, 9.17) is 9.47 Å². The van der Waals surface area contributed by atoms with Gasteiger partial charge in [0.1, 0.15) is 5.75 Å². The molecule has 0 radical (unpaired) electrons. The summed E-state index contributed by atoms with van der Waals surface area (Å²) in [5.41, 5.74) is 1.21. The number of hydrogen-bond acceptors (Lipinski definition) is 4. The zero-order chi connectivity index (χ0) is 12.5. The van der Waals surface area contributed by atoms with E-state index in [0.29, 0.717) is 6.04 Å². The summed E-state index contributed by atoms with van der Waals surface area (Å²) in [6, 6.07) is 8.46. The molecule has 0 fully saturated rings. The van der Waals surface area contributed by atoms with Crippen LogP contribution in [0.4, 0.5) is 0 Å². The molecule has 0 saturated heterocycles. The Morgan fingerprint density at radius 2 is 2.06 bits per heavy atom. The fraction of sp³-hybridized carbons (Fsp3) is 0.538. The number of ether oxygens (including phenoxy) is 2. The minimum atomic E-state index is 0.313. The molecule has 0 aromatic heterocycles. The van der Waals surface area contributed by atoms with E-state index in [1.165, 1.54) is 5.56 Å². The van der Waals surface area contributed by atoms with Crippen LogP contribution in [-0.2, 0) is 4.74 Å². The van der Waals surface area contributed by atoms with Gasteiger partial charge in [-0.05, 0) is 13.1 Å². The maximum atomic E-state index is 5.38. The summed E-state index contributed by atoms with van der Waals surface area (Å²) >= 11 is 1.88. The number of nitrogens with one attached hydrogen (secondary N) is 1. The van der Waals surface area contributed by atoms with E-state index in [1.807, 2.05) is 37.0 Å². The summed E-state index contributed by atoms with van der Waals surface area (Å²) in [6.45, 7) is 0.799. The second kappa shape index (κ2) is 8.39. The average Bonchev–Trinajstić information content (AvgIpc) is 2.39. The number of hydrogen-bond donors (Lipinski definition) is 1. The first-order chi connectivity index (χ1) is 8.33. The highest BCUT2D eigenvalue weighted by Gasteiger charge is 2.13. The highest BCUT2D eigenvalue weighted by Crippen LogP contribution is 2.26. The van der Waals surface area contributed by atoms with Crippen molar-refractivity contribution in [3.8, 4) is 5.75 Å². The second-order valence-electron chi connectivity index (χ2n) is 3.65. The zero-order valence-electron chi connectivity index (χ0n) is 10.7. The van der Waals surface area contributed by atoms with Crippen molar-refractivity contribution in [3.63, 3.8) is 0 Å². The third kappa shape index (κ3) is 4.58. The van der Waals surface area contributed by atoms with Gasteiger partial charge in [-0.15, -0.1) is 0 Å². The molecule has 1 atom stereocenters. The minimum Gasteiger partial charge on any atom is -0.496 e. The van der Waals surface area contributed by atoms with E-state index in [1.54, 1.807) is 14.2 Å². The van der Waals surface area contributed by atoms with Crippen LogP contribution in [0.1, 0.15) is 11.6 Å². The molecule has 1 N–H and O–H groups in total. The van der Waals surface area contributed by atoms with Crippen LogP contribution in [0.15, 0.2) is 24.3 Å². The van der Waals surface area contributed by atoms with Crippen LogP contribution >= 0.6 is 11.8 Å². The Bertz CT molecular complexity index is 320. The molecule has 1 aromatic rings. The summed E-state index contributed by atoms with van der Waals surface area (Å²) in [5, 5.41) is 3.33. The topological polar surface area (TPSA) is 30.5 Å². The maximum Gasteiger partial charge on any atom is 0.123 e. The molecule has 0 spiro atoms. The largest absolute Gasteiger partial charge is 0.496 e. The number of rotatable bonds is 8. The lowest BCUT2D eigenvalue weighted by molar-refractivity contribution is 0.218. The molecule has 0 saturated carbocycles. The Labute approximate surface area is 108 Å². The van der Waals surface area contributed by atoms with Crippen LogP contribution in [-0.4, -0.2) is 39.4 Å². The average molecular weight is 255 g/mol. The van der Waals surface area contributed by atoms with Crippen LogP contribution in [0.3, 0.4) is 0 Å². The molecule has 0 bridgehead atoms. The molecule has 0 amide bonds. The molecule has 0 aliphatic rings. The number of thioether (sulfide) groups is 1. The Kier molecular flexibility index (Phi) is 7.08. The van der Waals surface area contributed by atoms with Gasteiger partial charge in [0, 0.05) is 30.2 Å². The number of benzene rings is 1. The first-order valence-corrected chi connectivity index (χ1v) is 6.85. The van der Waals surface area contributed by atoms with Crippen molar-refractivity contribution in [1.82, 2.24) is 5.32 Å². The first-order valence-electron chi connectivity index (χ1n) is 5.70. The van der Waals surface area contributed by atoms with Crippen LogP contribution in [0.2, 0.25) is 0 Å². The Balaban J connectivity index is 2.59. The van der Waals surface area contributed by atoms with Gasteiger partial charge in [-0.2, -0.15) is 11.8 Å². The van der Waals surface area contributed by atoms with E-state index in [-0.39, 0.29) is 0 Å². The van der Waals surface area contributed by atoms with Crippen LogP contribution in [0.25, 0.3) is 0 Å². The van der Waals surface area contributed by atoms with Gasteiger partial charge in [-0.25, -0.2) is 0 Å². The van der Waals surface area contributed by atoms with Crippen molar-refractivity contribution in [3.05, 3.63) is 29.8 Å². The maximum absolute atomic E-state index is 5.38. The predicted molar refractivity (Wildman–Crippen MR) is 74.0 cm³/mol. The van der Waals surface area contributed by atoms with Crippen molar-refractivity contribution < 1.29 is 9.47 Å². The third-order valence-electron chi connectivity index (χ3n) is 2.58. The lowest BCUT2D eigenvalue weighted by Crippen LogP contribution is -2.19. The molecule has 1 unspecified atom stereocenters. The van der Waals surface area contributed by atoms with E-state index >= 15 is 0 Å². The van der Waals surface area contributed by atoms with E-state index in [9.17, 15) is 0 Å². The summed E-state index contributed by atoms with van der Waals surface area (Å²) in [7, 11) is 5.42. The number of methoxy groups -OCH3 is 2. The standard InChI is InChI=1S/C13H21NO2S/c1-14-12(10-17-9-8-15-2)11-6-4-5-7-13(11)16-3/h4-7,12,14H,8-10H2,1-3H3. The summed E-state index contributed by atoms with van der Waals surface area (Å²) in [6.07, 6.45) is 0. The van der Waals surface area contributed by atoms with Gasteiger partial charge in [-0.1, -0.05) is 18.2 Å². The minimum absolute atomic E-state index is 0.313. The van der Waals surface area contributed by atoms with Crippen molar-refractivity contribution in [2.45, 2.75) is 6.04 Å². The predicted octanol–water partition coefficient (Wildman–Crippen LogP) is 2.34. The molecule has 0 aliphatic carbocycles. The van der Waals surface area contributed by atoms with Crippen LogP contribution in [0.5, 0.6) is 5.75 Å². The second-order valence-corrected chi connectivity index (χ2v) is 4.80. The molecule has 1 aromatic carbocycles. The normalized spacial score (nSPS) is 12.4. The Hall–Kier alpha value is -0.710. The van der Waals surface area contributed by atoms with Gasteiger partial charge in [-0.3, -0.25) is 0 Å². The lowest BCUT2D eigenvalue weighted by atomic mass is 10.1. The van der Waals surface area contributed by atoms with E-state index < -0.39 is 0 Å². The van der Waals surface area contributed by atoms with Crippen LogP contribution < -0.4 is 10.1 Å². The van der Waals surface area contributed by atoms with Crippen molar-refractivity contribution in [2.24, 2.45) is 0 Å². The summed E-state index contributed by atoms with van der Waals surface area (Å²) in [4.78, 5) is 0. The Morgan fingerprint density at radius 3 is 2.71 bits per heavy atom. The molecule has 17 heavy (non-hydrogen) atoms. The van der Waals surface area contributed by atoms with Gasteiger partial charge in [0.25, 0.3) is 0 Å². The van der Waals surface area contributed by atoms with Gasteiger partial charge in [0.15, 0.2) is 0 Å². The molecule has 3 nitrogen and oxygen atoms in total. The molecule has 4 heteroatoms. The summed E-state index contributed by atoms with van der Waals surface area (Å²) in [5.74, 6) is 2.98. The number of para-hydroxylation sites is 1. The fourth-order valence-corrected chi connectivity index (χ4v) is 2.66. The van der Waals surface area contributed by atoms with Gasteiger partial charge < -0.3 is 14.8 Å². The molecular weight excluding hydrogens is 234 g/mol. The van der Waals surface area contributed by atoms with Crippen molar-refractivity contribution in [1.29, 1.82) is 0 Å². The monoisotopic (exact) mass is 255 g/mol. The van der Waals surface area contributed by atoms with E-state index in [2.05, 4.69) is 11.4 Å². The molecule has 0 aliphatic heterocycles. The van der Waals surface area contributed by atoms with Gasteiger partial charge in [0.05, 0.1) is 13.7 Å².